The van der Waals surface area contributed by atoms with Crippen molar-refractivity contribution in [3.63, 3.8) is 0 Å². The summed E-state index contributed by atoms with van der Waals surface area (Å²) in [5.74, 6) is 2.39. The Bertz CT molecular complexity index is 503. The van der Waals surface area contributed by atoms with Crippen LogP contribution in [0.3, 0.4) is 0 Å². The zero-order valence-electron chi connectivity index (χ0n) is 10.4. The highest BCUT2D eigenvalue weighted by Crippen LogP contribution is 2.10. The number of anilines is 1. The van der Waals surface area contributed by atoms with E-state index in [-0.39, 0.29) is 0 Å². The molecule has 0 fully saturated rings. The summed E-state index contributed by atoms with van der Waals surface area (Å²) in [5.41, 5.74) is 0.976. The average molecular weight is 231 g/mol. The van der Waals surface area contributed by atoms with Gasteiger partial charge in [0.2, 0.25) is 0 Å². The maximum Gasteiger partial charge on any atom is 0.159 e. The molecule has 0 saturated carbocycles. The van der Waals surface area contributed by atoms with Crippen LogP contribution >= 0.6 is 0 Å². The molecule has 2 aromatic rings. The first-order valence-corrected chi connectivity index (χ1v) is 5.81. The summed E-state index contributed by atoms with van der Waals surface area (Å²) < 4.78 is 1.77. The van der Waals surface area contributed by atoms with Crippen LogP contribution in [0.1, 0.15) is 24.9 Å². The lowest BCUT2D eigenvalue weighted by atomic mass is 10.4. The van der Waals surface area contributed by atoms with E-state index < -0.39 is 0 Å². The van der Waals surface area contributed by atoms with Crippen LogP contribution in [0, 0.1) is 13.8 Å². The molecule has 0 aliphatic rings. The lowest BCUT2D eigenvalue weighted by Crippen LogP contribution is -2.07. The molecule has 0 bridgehead atoms. The molecule has 17 heavy (non-hydrogen) atoms. The predicted octanol–water partition coefficient (Wildman–Crippen LogP) is 2.10. The molecule has 0 unspecified atom stereocenters. The van der Waals surface area contributed by atoms with Crippen LogP contribution in [-0.2, 0) is 0 Å². The van der Waals surface area contributed by atoms with Gasteiger partial charge in [-0.2, -0.15) is 5.10 Å². The van der Waals surface area contributed by atoms with Crippen LogP contribution in [0.4, 0.5) is 5.82 Å². The van der Waals surface area contributed by atoms with Gasteiger partial charge in [-0.25, -0.2) is 14.6 Å². The van der Waals surface area contributed by atoms with Crippen molar-refractivity contribution < 1.29 is 0 Å². The van der Waals surface area contributed by atoms with Crippen LogP contribution in [-0.4, -0.2) is 26.3 Å². The highest BCUT2D eigenvalue weighted by atomic mass is 15.3. The molecule has 0 aromatic carbocycles. The Morgan fingerprint density at radius 2 is 2.12 bits per heavy atom. The number of hydrogen-bond acceptors (Lipinski definition) is 4. The summed E-state index contributed by atoms with van der Waals surface area (Å²) in [6.07, 6.45) is 2.97. The fraction of sp³-hybridized carbons (Fsp3) is 0.417. The van der Waals surface area contributed by atoms with Gasteiger partial charge in [0.25, 0.3) is 0 Å². The molecule has 0 radical (unpaired) electrons. The fourth-order valence-corrected chi connectivity index (χ4v) is 1.56. The van der Waals surface area contributed by atoms with Gasteiger partial charge < -0.3 is 5.32 Å². The minimum Gasteiger partial charge on any atom is -0.370 e. The Kier molecular flexibility index (Phi) is 3.37. The molecule has 0 atom stereocenters. The van der Waals surface area contributed by atoms with Crippen molar-refractivity contribution in [2.45, 2.75) is 27.2 Å². The topological polar surface area (TPSA) is 55.6 Å². The summed E-state index contributed by atoms with van der Waals surface area (Å²) in [5, 5.41) is 7.60. The fourth-order valence-electron chi connectivity index (χ4n) is 1.56. The summed E-state index contributed by atoms with van der Waals surface area (Å²) >= 11 is 0. The second-order valence-corrected chi connectivity index (χ2v) is 3.99. The van der Waals surface area contributed by atoms with Crippen molar-refractivity contribution in [3.8, 4) is 5.82 Å². The summed E-state index contributed by atoms with van der Waals surface area (Å²) in [7, 11) is 0. The van der Waals surface area contributed by atoms with Gasteiger partial charge in [-0.15, -0.1) is 0 Å². The summed E-state index contributed by atoms with van der Waals surface area (Å²) in [6, 6.07) is 3.87. The molecule has 0 amide bonds. The van der Waals surface area contributed by atoms with Gasteiger partial charge in [-0.1, -0.05) is 6.92 Å². The van der Waals surface area contributed by atoms with Gasteiger partial charge in [-0.05, 0) is 26.3 Å². The summed E-state index contributed by atoms with van der Waals surface area (Å²) in [6.45, 7) is 6.88. The maximum atomic E-state index is 4.37. The lowest BCUT2D eigenvalue weighted by molar-refractivity contribution is 0.815. The molecule has 1 N–H and O–H groups in total. The Hall–Kier alpha value is -1.91. The molecular weight excluding hydrogens is 214 g/mol. The number of nitrogens with zero attached hydrogens (tertiary/aromatic N) is 4. The van der Waals surface area contributed by atoms with E-state index in [0.29, 0.717) is 0 Å². The highest BCUT2D eigenvalue weighted by Gasteiger charge is 2.04. The Morgan fingerprint density at radius 3 is 2.76 bits per heavy atom. The van der Waals surface area contributed by atoms with E-state index in [0.717, 1.165) is 36.1 Å². The number of rotatable bonds is 4. The monoisotopic (exact) mass is 231 g/mol. The normalized spacial score (nSPS) is 10.5. The number of nitrogens with one attached hydrogen (secondary N) is 1. The van der Waals surface area contributed by atoms with E-state index in [1.165, 1.54) is 0 Å². The van der Waals surface area contributed by atoms with Crippen molar-refractivity contribution in [2.24, 2.45) is 0 Å². The van der Waals surface area contributed by atoms with Crippen LogP contribution in [0.5, 0.6) is 0 Å². The van der Waals surface area contributed by atoms with Crippen molar-refractivity contribution in [1.29, 1.82) is 0 Å². The van der Waals surface area contributed by atoms with Crippen LogP contribution in [0.15, 0.2) is 18.3 Å². The number of aromatic nitrogens is 4. The Balaban J connectivity index is 2.31. The number of aryl methyl sites for hydroxylation is 2. The van der Waals surface area contributed by atoms with Crippen molar-refractivity contribution in [3.05, 3.63) is 29.8 Å². The number of hydrogen-bond donors (Lipinski definition) is 1. The lowest BCUT2D eigenvalue weighted by Gasteiger charge is -2.07. The molecular formula is C12H17N5. The zero-order valence-corrected chi connectivity index (χ0v) is 10.4. The third kappa shape index (κ3) is 2.81. The standard InChI is InChI=1S/C12H17N5/c1-4-6-13-11-8-12(15-10(3)14-11)17-7-5-9(2)16-17/h5,7-8H,4,6H2,1-3H3,(H,13,14,15). The molecule has 5 nitrogen and oxygen atoms in total. The molecule has 0 spiro atoms. The van der Waals surface area contributed by atoms with Gasteiger partial charge in [-0.3, -0.25) is 0 Å². The zero-order chi connectivity index (χ0) is 12.3. The molecule has 2 rings (SSSR count). The van der Waals surface area contributed by atoms with Crippen molar-refractivity contribution in [1.82, 2.24) is 19.7 Å². The smallest absolute Gasteiger partial charge is 0.159 e. The average Bonchev–Trinajstić information content (AvgIpc) is 2.72. The quantitative estimate of drug-likeness (QED) is 0.875. The van der Waals surface area contributed by atoms with Crippen molar-refractivity contribution in [2.75, 3.05) is 11.9 Å². The SMILES string of the molecule is CCCNc1cc(-n2ccc(C)n2)nc(C)n1. The van der Waals surface area contributed by atoms with E-state index in [2.05, 4.69) is 27.3 Å². The van der Waals surface area contributed by atoms with Crippen LogP contribution in [0.25, 0.3) is 5.82 Å². The minimum absolute atomic E-state index is 0.745. The third-order valence-electron chi connectivity index (χ3n) is 2.34. The Morgan fingerprint density at radius 1 is 1.29 bits per heavy atom. The van der Waals surface area contributed by atoms with Crippen LogP contribution in [0.2, 0.25) is 0 Å². The van der Waals surface area contributed by atoms with Gasteiger partial charge in [0.1, 0.15) is 11.6 Å². The molecule has 90 valence electrons. The molecule has 2 aromatic heterocycles. The molecule has 0 aliphatic carbocycles. The van der Waals surface area contributed by atoms with Gasteiger partial charge in [0, 0.05) is 18.8 Å². The highest BCUT2D eigenvalue weighted by molar-refractivity contribution is 5.41. The molecule has 2 heterocycles. The van der Waals surface area contributed by atoms with E-state index in [1.54, 1.807) is 4.68 Å². The van der Waals surface area contributed by atoms with Crippen molar-refractivity contribution >= 4 is 5.82 Å². The van der Waals surface area contributed by atoms with E-state index in [4.69, 9.17) is 0 Å². The predicted molar refractivity (Wildman–Crippen MR) is 67.4 cm³/mol. The first kappa shape index (κ1) is 11.6. The molecule has 0 aliphatic heterocycles. The minimum atomic E-state index is 0.745. The van der Waals surface area contributed by atoms with E-state index >= 15 is 0 Å². The van der Waals surface area contributed by atoms with Gasteiger partial charge in [0.15, 0.2) is 5.82 Å². The summed E-state index contributed by atoms with van der Waals surface area (Å²) in [4.78, 5) is 8.72. The van der Waals surface area contributed by atoms with Gasteiger partial charge >= 0.3 is 0 Å². The first-order valence-electron chi connectivity index (χ1n) is 5.81. The molecule has 5 heteroatoms. The van der Waals surface area contributed by atoms with Crippen LogP contribution < -0.4 is 5.32 Å². The Labute approximate surface area is 101 Å². The second-order valence-electron chi connectivity index (χ2n) is 3.99. The second kappa shape index (κ2) is 4.95. The van der Waals surface area contributed by atoms with E-state index in [9.17, 15) is 0 Å². The third-order valence-corrected chi connectivity index (χ3v) is 2.34. The maximum absolute atomic E-state index is 4.37. The largest absolute Gasteiger partial charge is 0.370 e. The van der Waals surface area contributed by atoms with E-state index in [1.807, 2.05) is 32.2 Å². The molecule has 0 saturated heterocycles. The first-order chi connectivity index (χ1) is 8.19. The van der Waals surface area contributed by atoms with Gasteiger partial charge in [0.05, 0.1) is 5.69 Å².